The highest BCUT2D eigenvalue weighted by molar-refractivity contribution is 6.04. The molecule has 32 heavy (non-hydrogen) atoms. The van der Waals surface area contributed by atoms with Crippen LogP contribution in [-0.4, -0.2) is 23.2 Å². The number of halogens is 2. The average Bonchev–Trinajstić information content (AvgIpc) is 2.80. The van der Waals surface area contributed by atoms with Crippen LogP contribution in [0.15, 0.2) is 54.7 Å². The summed E-state index contributed by atoms with van der Waals surface area (Å²) in [6.07, 6.45) is 2.77. The van der Waals surface area contributed by atoms with Crippen molar-refractivity contribution in [2.75, 3.05) is 11.9 Å². The maximum atomic E-state index is 13.7. The predicted octanol–water partition coefficient (Wildman–Crippen LogP) is 5.40. The molecular weight excluding hydrogens is 412 g/mol. The molecule has 7 heteroatoms. The first-order valence-electron chi connectivity index (χ1n) is 10.5. The second-order valence-corrected chi connectivity index (χ2v) is 7.34. The molecule has 2 aromatic carbocycles. The van der Waals surface area contributed by atoms with Crippen molar-refractivity contribution in [2.24, 2.45) is 0 Å². The Morgan fingerprint density at radius 2 is 1.84 bits per heavy atom. The van der Waals surface area contributed by atoms with Gasteiger partial charge in [-0.2, -0.15) is 0 Å². The first kappa shape index (κ1) is 23.2. The average molecular weight is 442 g/mol. The number of hydrogen-bond acceptors (Lipinski definition) is 4. The van der Waals surface area contributed by atoms with Crippen molar-refractivity contribution in [1.29, 1.82) is 0 Å². The Hall–Kier alpha value is -3.45. The Balaban J connectivity index is 0.00000289. The number of rotatable bonds is 9. The van der Waals surface area contributed by atoms with E-state index in [-0.39, 0.29) is 39.4 Å². The quantitative estimate of drug-likeness (QED) is 0.436. The molecule has 0 aliphatic heterocycles. The minimum atomic E-state index is -0.681. The molecule has 3 rings (SSSR count). The van der Waals surface area contributed by atoms with Crippen LogP contribution >= 0.6 is 0 Å². The van der Waals surface area contributed by atoms with Gasteiger partial charge in [0.1, 0.15) is 17.3 Å². The molecule has 0 atom stereocenters. The van der Waals surface area contributed by atoms with Crippen molar-refractivity contribution >= 4 is 17.4 Å². The number of hydrogen-bond donors (Lipinski definition) is 2. The summed E-state index contributed by atoms with van der Waals surface area (Å²) in [6.45, 7) is 3.73. The standard InChI is InChI=1S/C25H25F2N3O2.2H2/c1-3-16-6-5-7-17(10-16)19-11-22(25(29-14-19)23(31)4-2)30-24(32)15-28-13-18-8-9-20(26)12-21(18)27;;/h5-12,14,28H,3-4,13,15H2,1-2H3,(H,30,32);2*1H. The molecule has 5 nitrogen and oxygen atoms in total. The fraction of sp³-hybridized carbons (Fsp3) is 0.240. The molecule has 1 aromatic heterocycles. The highest BCUT2D eigenvalue weighted by atomic mass is 19.1. The highest BCUT2D eigenvalue weighted by Gasteiger charge is 2.16. The van der Waals surface area contributed by atoms with Crippen molar-refractivity contribution in [3.63, 3.8) is 0 Å². The van der Waals surface area contributed by atoms with Crippen LogP contribution in [0.3, 0.4) is 0 Å². The van der Waals surface area contributed by atoms with Gasteiger partial charge in [0.15, 0.2) is 5.78 Å². The zero-order chi connectivity index (χ0) is 23.1. The number of anilines is 1. The lowest BCUT2D eigenvalue weighted by molar-refractivity contribution is -0.115. The molecule has 1 heterocycles. The first-order valence-corrected chi connectivity index (χ1v) is 10.5. The number of carbonyl (C=O) groups excluding carboxylic acids is 2. The summed E-state index contributed by atoms with van der Waals surface area (Å²) < 4.78 is 26.7. The van der Waals surface area contributed by atoms with Crippen LogP contribution in [0.1, 0.15) is 44.7 Å². The lowest BCUT2D eigenvalue weighted by atomic mass is 10.0. The third-order valence-electron chi connectivity index (χ3n) is 5.03. The van der Waals surface area contributed by atoms with Gasteiger partial charge in [-0.3, -0.25) is 14.6 Å². The Morgan fingerprint density at radius 3 is 2.56 bits per heavy atom. The van der Waals surface area contributed by atoms with Gasteiger partial charge in [-0.25, -0.2) is 8.78 Å². The van der Waals surface area contributed by atoms with Gasteiger partial charge in [0, 0.05) is 39.2 Å². The van der Waals surface area contributed by atoms with Crippen molar-refractivity contribution in [3.05, 3.63) is 83.2 Å². The van der Waals surface area contributed by atoms with E-state index in [0.29, 0.717) is 5.69 Å². The maximum absolute atomic E-state index is 13.7. The first-order chi connectivity index (χ1) is 15.4. The number of pyridine rings is 1. The smallest absolute Gasteiger partial charge is 0.238 e. The van der Waals surface area contributed by atoms with Crippen LogP contribution in [-0.2, 0) is 17.8 Å². The summed E-state index contributed by atoms with van der Waals surface area (Å²) in [4.78, 5) is 29.1. The topological polar surface area (TPSA) is 71.1 Å². The van der Waals surface area contributed by atoms with E-state index in [9.17, 15) is 18.4 Å². The van der Waals surface area contributed by atoms with Crippen molar-refractivity contribution < 1.29 is 21.2 Å². The number of benzene rings is 2. The second-order valence-electron chi connectivity index (χ2n) is 7.34. The Bertz CT molecular complexity index is 1140. The number of ketones is 1. The van der Waals surface area contributed by atoms with Gasteiger partial charge >= 0.3 is 0 Å². The normalized spacial score (nSPS) is 10.8. The van der Waals surface area contributed by atoms with Crippen LogP contribution in [0, 0.1) is 11.6 Å². The van der Waals surface area contributed by atoms with Gasteiger partial charge < -0.3 is 10.6 Å². The van der Waals surface area contributed by atoms with E-state index < -0.39 is 17.5 Å². The third kappa shape index (κ3) is 5.82. The van der Waals surface area contributed by atoms with E-state index in [1.54, 1.807) is 19.2 Å². The van der Waals surface area contributed by atoms with Gasteiger partial charge in [0.25, 0.3) is 0 Å². The molecule has 3 aromatic rings. The summed E-state index contributed by atoms with van der Waals surface area (Å²) in [5.74, 6) is -1.93. The summed E-state index contributed by atoms with van der Waals surface area (Å²) >= 11 is 0. The predicted molar refractivity (Wildman–Crippen MR) is 125 cm³/mol. The summed E-state index contributed by atoms with van der Waals surface area (Å²) in [5, 5.41) is 5.56. The molecule has 0 fully saturated rings. The number of amides is 1. The summed E-state index contributed by atoms with van der Waals surface area (Å²) in [7, 11) is 0. The maximum Gasteiger partial charge on any atom is 0.238 e. The monoisotopic (exact) mass is 441 g/mol. The molecular formula is C25H29F2N3O2. The fourth-order valence-corrected chi connectivity index (χ4v) is 3.25. The number of nitrogens with zero attached hydrogens (tertiary/aromatic N) is 1. The molecule has 0 spiro atoms. The Labute approximate surface area is 188 Å². The van der Waals surface area contributed by atoms with Gasteiger partial charge in [0.2, 0.25) is 5.91 Å². The molecule has 0 bridgehead atoms. The van der Waals surface area contributed by atoms with Crippen LogP contribution in [0.25, 0.3) is 11.1 Å². The molecule has 170 valence electrons. The fourth-order valence-electron chi connectivity index (χ4n) is 3.25. The SMILES string of the molecule is CCC(=O)c1ncc(-c2cccc(CC)c2)cc1NC(=O)CNCc1ccc(F)cc1F.[HH].[HH]. The summed E-state index contributed by atoms with van der Waals surface area (Å²) in [5.41, 5.74) is 3.66. The summed E-state index contributed by atoms with van der Waals surface area (Å²) in [6, 6.07) is 13.0. The van der Waals surface area contributed by atoms with Crippen LogP contribution in [0.4, 0.5) is 14.5 Å². The Kier molecular flexibility index (Phi) is 7.78. The van der Waals surface area contributed by atoms with Crippen LogP contribution < -0.4 is 10.6 Å². The van der Waals surface area contributed by atoms with Gasteiger partial charge in [-0.1, -0.05) is 44.2 Å². The van der Waals surface area contributed by atoms with Crippen LogP contribution in [0.5, 0.6) is 0 Å². The van der Waals surface area contributed by atoms with E-state index in [0.717, 1.165) is 29.7 Å². The lowest BCUT2D eigenvalue weighted by Gasteiger charge is -2.13. The van der Waals surface area contributed by atoms with Crippen molar-refractivity contribution in [2.45, 2.75) is 33.2 Å². The van der Waals surface area contributed by atoms with E-state index in [2.05, 4.69) is 22.5 Å². The number of nitrogens with one attached hydrogen (secondary N) is 2. The molecule has 0 aliphatic carbocycles. The van der Waals surface area contributed by atoms with E-state index >= 15 is 0 Å². The molecule has 2 N–H and O–H groups in total. The number of aromatic nitrogens is 1. The third-order valence-corrected chi connectivity index (χ3v) is 5.03. The number of Topliss-reactive ketones (excluding diaryl/α,β-unsaturated/α-hetero) is 1. The largest absolute Gasteiger partial charge is 0.323 e. The minimum absolute atomic E-state index is 0. The van der Waals surface area contributed by atoms with E-state index in [4.69, 9.17) is 0 Å². The van der Waals surface area contributed by atoms with E-state index in [1.165, 1.54) is 11.6 Å². The van der Waals surface area contributed by atoms with Crippen LogP contribution in [0.2, 0.25) is 0 Å². The zero-order valence-electron chi connectivity index (χ0n) is 18.0. The second kappa shape index (κ2) is 10.7. The molecule has 0 saturated carbocycles. The highest BCUT2D eigenvalue weighted by Crippen LogP contribution is 2.26. The van der Waals surface area contributed by atoms with Gasteiger partial charge in [0.05, 0.1) is 12.2 Å². The van der Waals surface area contributed by atoms with Crippen molar-refractivity contribution in [3.8, 4) is 11.1 Å². The van der Waals surface area contributed by atoms with Crippen molar-refractivity contribution in [1.82, 2.24) is 10.3 Å². The van der Waals surface area contributed by atoms with Gasteiger partial charge in [-0.15, -0.1) is 0 Å². The van der Waals surface area contributed by atoms with Gasteiger partial charge in [-0.05, 0) is 29.7 Å². The molecule has 0 unspecified atom stereocenters. The zero-order valence-corrected chi connectivity index (χ0v) is 18.0. The number of aryl methyl sites for hydroxylation is 1. The molecule has 0 saturated heterocycles. The Morgan fingerprint density at radius 1 is 1.03 bits per heavy atom. The molecule has 0 aliphatic rings. The minimum Gasteiger partial charge on any atom is -0.323 e. The number of carbonyl (C=O) groups is 2. The molecule has 0 radical (unpaired) electrons. The lowest BCUT2D eigenvalue weighted by Crippen LogP contribution is -2.28. The van der Waals surface area contributed by atoms with E-state index in [1.807, 2.05) is 24.3 Å². The molecule has 1 amide bonds.